The Morgan fingerprint density at radius 2 is 1.32 bits per heavy atom. The Kier molecular flexibility index (Phi) is 7.88. The van der Waals surface area contributed by atoms with E-state index in [4.69, 9.17) is 15.0 Å². The molecule has 0 saturated heterocycles. The topological polar surface area (TPSA) is 103 Å². The number of anilines is 3. The van der Waals surface area contributed by atoms with Crippen LogP contribution in [0.2, 0.25) is 0 Å². The van der Waals surface area contributed by atoms with Gasteiger partial charge in [-0.15, -0.1) is 11.3 Å². The minimum Gasteiger partial charge on any atom is -0.477 e. The van der Waals surface area contributed by atoms with Crippen LogP contribution in [0.5, 0.6) is 0 Å². The highest BCUT2D eigenvalue weighted by Gasteiger charge is 2.19. The molecule has 0 spiro atoms. The largest absolute Gasteiger partial charge is 0.477 e. The zero-order valence-corrected chi connectivity index (χ0v) is 26.0. The number of hydrogen-bond acceptors (Lipinski definition) is 7. The van der Waals surface area contributed by atoms with E-state index in [-0.39, 0.29) is 5.57 Å². The first-order chi connectivity index (χ1) is 23.0. The van der Waals surface area contributed by atoms with Gasteiger partial charge in [0.25, 0.3) is 0 Å². The molecular formula is C39H26N4O3S. The van der Waals surface area contributed by atoms with Crippen molar-refractivity contribution in [1.29, 1.82) is 5.26 Å². The fraction of sp³-hybridized carbons (Fsp3) is 0.0256. The number of fused-ring (bicyclic) bond motifs is 1. The van der Waals surface area contributed by atoms with Crippen LogP contribution in [-0.2, 0) is 4.79 Å². The van der Waals surface area contributed by atoms with Crippen molar-refractivity contribution in [3.05, 3.63) is 144 Å². The number of carboxylic acids is 1. The number of nitrogens with zero attached hydrogens (tertiary/aromatic N) is 4. The zero-order valence-electron chi connectivity index (χ0n) is 25.2. The Balaban J connectivity index is 1.20. The number of thiophene rings is 1. The van der Waals surface area contributed by atoms with E-state index in [0.29, 0.717) is 16.6 Å². The fourth-order valence-electron chi connectivity index (χ4n) is 5.63. The molecule has 5 aromatic carbocycles. The maximum atomic E-state index is 11.2. The standard InChI is InChI=1S/C39H26N4O3S/c1-25-22-35(34-21-20-33(36-37(34)42-46-41-36)27-14-12-26(13-15-27)23-29(24-40)39(44)45)47-38(25)28-16-18-32(19-17-28)43(30-8-4-2-5-9-30)31-10-6-3-7-11-31/h2-23H,1H3,(H,44,45)/b29-23+. The SMILES string of the molecule is Cc1cc(-c2ccc(-c3ccc(/C=C(\C#N)C(=O)O)cc3)c3nonc23)sc1-c1ccc(N(c2ccccc2)c2ccccc2)cc1. The molecule has 226 valence electrons. The molecule has 0 saturated carbocycles. The predicted molar refractivity (Wildman–Crippen MR) is 187 cm³/mol. The number of carboxylic acid groups (broad SMARTS) is 1. The van der Waals surface area contributed by atoms with Gasteiger partial charge < -0.3 is 10.0 Å². The minimum absolute atomic E-state index is 0.326. The number of benzene rings is 5. The molecule has 0 aliphatic heterocycles. The molecule has 2 aromatic heterocycles. The maximum absolute atomic E-state index is 11.2. The Morgan fingerprint density at radius 3 is 1.91 bits per heavy atom. The van der Waals surface area contributed by atoms with Crippen LogP contribution in [0.25, 0.3) is 49.1 Å². The van der Waals surface area contributed by atoms with Gasteiger partial charge in [-0.05, 0) is 88.0 Å². The summed E-state index contributed by atoms with van der Waals surface area (Å²) in [6, 6.07) is 44.5. The molecule has 7 rings (SSSR count). The van der Waals surface area contributed by atoms with Gasteiger partial charge in [0.05, 0.1) is 0 Å². The van der Waals surface area contributed by atoms with Gasteiger partial charge in [-0.25, -0.2) is 9.42 Å². The summed E-state index contributed by atoms with van der Waals surface area (Å²) in [5.41, 5.74) is 9.76. The number of aromatic nitrogens is 2. The fourth-order valence-corrected chi connectivity index (χ4v) is 6.83. The molecule has 1 N–H and O–H groups in total. The lowest BCUT2D eigenvalue weighted by molar-refractivity contribution is -0.132. The summed E-state index contributed by atoms with van der Waals surface area (Å²) in [4.78, 5) is 15.7. The van der Waals surface area contributed by atoms with Crippen molar-refractivity contribution in [2.24, 2.45) is 0 Å². The highest BCUT2D eigenvalue weighted by molar-refractivity contribution is 7.19. The first-order valence-electron chi connectivity index (χ1n) is 14.8. The Bertz CT molecular complexity index is 2240. The van der Waals surface area contributed by atoms with Crippen LogP contribution in [0.3, 0.4) is 0 Å². The van der Waals surface area contributed by atoms with Crippen molar-refractivity contribution in [3.63, 3.8) is 0 Å². The molecule has 47 heavy (non-hydrogen) atoms. The first-order valence-corrected chi connectivity index (χ1v) is 15.6. The van der Waals surface area contributed by atoms with Crippen molar-refractivity contribution in [3.8, 4) is 38.1 Å². The average molecular weight is 631 g/mol. The molecule has 0 unspecified atom stereocenters. The lowest BCUT2D eigenvalue weighted by atomic mass is 9.99. The molecule has 0 amide bonds. The van der Waals surface area contributed by atoms with Gasteiger partial charge in [-0.1, -0.05) is 84.9 Å². The molecule has 0 atom stereocenters. The van der Waals surface area contributed by atoms with E-state index in [2.05, 4.69) is 101 Å². The van der Waals surface area contributed by atoms with Gasteiger partial charge in [-0.3, -0.25) is 0 Å². The van der Waals surface area contributed by atoms with Crippen LogP contribution < -0.4 is 4.90 Å². The number of hydrogen-bond donors (Lipinski definition) is 1. The summed E-state index contributed by atoms with van der Waals surface area (Å²) in [6.45, 7) is 2.12. The summed E-state index contributed by atoms with van der Waals surface area (Å²) in [5, 5.41) is 26.7. The van der Waals surface area contributed by atoms with Gasteiger partial charge in [0.1, 0.15) is 22.7 Å². The highest BCUT2D eigenvalue weighted by Crippen LogP contribution is 2.43. The lowest BCUT2D eigenvalue weighted by Crippen LogP contribution is -2.09. The van der Waals surface area contributed by atoms with Crippen molar-refractivity contribution in [2.75, 3.05) is 4.90 Å². The van der Waals surface area contributed by atoms with Crippen LogP contribution in [0, 0.1) is 18.3 Å². The summed E-state index contributed by atoms with van der Waals surface area (Å²) in [5.74, 6) is -1.26. The summed E-state index contributed by atoms with van der Waals surface area (Å²) in [7, 11) is 0. The van der Waals surface area contributed by atoms with Crippen LogP contribution in [0.1, 0.15) is 11.1 Å². The number of aryl methyl sites for hydroxylation is 1. The molecule has 0 aliphatic rings. The van der Waals surface area contributed by atoms with Crippen molar-refractivity contribution < 1.29 is 14.5 Å². The van der Waals surface area contributed by atoms with Gasteiger partial charge in [-0.2, -0.15) is 5.26 Å². The molecule has 2 heterocycles. The number of aliphatic carboxylic acids is 1. The molecular weight excluding hydrogens is 605 g/mol. The second-order valence-electron chi connectivity index (χ2n) is 10.9. The molecule has 7 aromatic rings. The van der Waals surface area contributed by atoms with E-state index in [1.54, 1.807) is 29.5 Å². The third-order valence-corrected chi connectivity index (χ3v) is 9.22. The Morgan fingerprint density at radius 1 is 0.766 bits per heavy atom. The molecule has 7 nitrogen and oxygen atoms in total. The predicted octanol–water partition coefficient (Wildman–Crippen LogP) is 10.1. The Labute approximate surface area is 274 Å². The smallest absolute Gasteiger partial charge is 0.346 e. The number of rotatable bonds is 8. The molecule has 8 heteroatoms. The van der Waals surface area contributed by atoms with E-state index in [0.717, 1.165) is 49.8 Å². The van der Waals surface area contributed by atoms with Crippen LogP contribution in [-0.4, -0.2) is 21.4 Å². The van der Waals surface area contributed by atoms with Gasteiger partial charge in [0.15, 0.2) is 0 Å². The molecule has 0 aliphatic carbocycles. The van der Waals surface area contributed by atoms with Gasteiger partial charge >= 0.3 is 5.97 Å². The van der Waals surface area contributed by atoms with E-state index in [1.165, 1.54) is 11.0 Å². The monoisotopic (exact) mass is 630 g/mol. The summed E-state index contributed by atoms with van der Waals surface area (Å²) >= 11 is 1.70. The average Bonchev–Trinajstić information content (AvgIpc) is 3.76. The van der Waals surface area contributed by atoms with Gasteiger partial charge in [0, 0.05) is 37.9 Å². The number of nitriles is 1. The molecule has 0 fully saturated rings. The molecule has 0 radical (unpaired) electrons. The van der Waals surface area contributed by atoms with E-state index in [1.807, 2.05) is 36.4 Å². The Hall–Kier alpha value is -6.30. The third kappa shape index (κ3) is 5.79. The van der Waals surface area contributed by atoms with E-state index < -0.39 is 5.97 Å². The quantitative estimate of drug-likeness (QED) is 0.132. The second-order valence-corrected chi connectivity index (χ2v) is 11.9. The molecule has 0 bridgehead atoms. The third-order valence-electron chi connectivity index (χ3n) is 7.90. The summed E-state index contributed by atoms with van der Waals surface area (Å²) < 4.78 is 5.23. The second kappa shape index (κ2) is 12.6. The minimum atomic E-state index is -1.26. The lowest BCUT2D eigenvalue weighted by Gasteiger charge is -2.25. The van der Waals surface area contributed by atoms with E-state index >= 15 is 0 Å². The van der Waals surface area contributed by atoms with Crippen LogP contribution in [0.4, 0.5) is 17.1 Å². The first kappa shape index (κ1) is 29.4. The van der Waals surface area contributed by atoms with Crippen molar-refractivity contribution in [2.45, 2.75) is 6.92 Å². The van der Waals surface area contributed by atoms with Crippen molar-refractivity contribution >= 4 is 51.5 Å². The maximum Gasteiger partial charge on any atom is 0.346 e. The summed E-state index contributed by atoms with van der Waals surface area (Å²) in [6.07, 6.45) is 1.34. The number of carbonyl (C=O) groups is 1. The van der Waals surface area contributed by atoms with Crippen molar-refractivity contribution in [1.82, 2.24) is 10.3 Å². The highest BCUT2D eigenvalue weighted by atomic mass is 32.1. The van der Waals surface area contributed by atoms with E-state index in [9.17, 15) is 4.79 Å². The van der Waals surface area contributed by atoms with Crippen LogP contribution >= 0.6 is 11.3 Å². The van der Waals surface area contributed by atoms with Gasteiger partial charge in [0.2, 0.25) is 0 Å². The number of para-hydroxylation sites is 2. The zero-order chi connectivity index (χ0) is 32.3. The normalized spacial score (nSPS) is 11.4. The van der Waals surface area contributed by atoms with Crippen LogP contribution in [0.15, 0.2) is 138 Å².